The number of halogens is 3. The summed E-state index contributed by atoms with van der Waals surface area (Å²) in [5.41, 5.74) is 6.30. The Morgan fingerprint density at radius 1 is 1.24 bits per heavy atom. The van der Waals surface area contributed by atoms with Gasteiger partial charge in [0, 0.05) is 25.2 Å². The quantitative estimate of drug-likeness (QED) is 0.875. The molecule has 1 saturated heterocycles. The van der Waals surface area contributed by atoms with E-state index in [0.29, 0.717) is 13.0 Å². The molecule has 1 fully saturated rings. The molecule has 6 heteroatoms. The number of rotatable bonds is 5. The summed E-state index contributed by atoms with van der Waals surface area (Å²) < 4.78 is 37.3. The monoisotopic (exact) mass is 301 g/mol. The van der Waals surface area contributed by atoms with Crippen molar-refractivity contribution in [2.75, 3.05) is 26.2 Å². The highest BCUT2D eigenvalue weighted by molar-refractivity contribution is 5.15. The minimum absolute atomic E-state index is 0.217. The summed E-state index contributed by atoms with van der Waals surface area (Å²) in [5, 5.41) is 2.65. The van der Waals surface area contributed by atoms with E-state index in [-0.39, 0.29) is 6.54 Å². The fourth-order valence-electron chi connectivity index (χ4n) is 2.87. The molecule has 118 valence electrons. The topological polar surface area (TPSA) is 41.3 Å². The summed E-state index contributed by atoms with van der Waals surface area (Å²) in [6.07, 6.45) is -2.66. The van der Waals surface area contributed by atoms with Crippen molar-refractivity contribution in [3.8, 4) is 0 Å². The second-order valence-corrected chi connectivity index (χ2v) is 5.75. The highest BCUT2D eigenvalue weighted by Crippen LogP contribution is 2.24. The van der Waals surface area contributed by atoms with Crippen LogP contribution in [0.4, 0.5) is 13.2 Å². The van der Waals surface area contributed by atoms with Crippen LogP contribution in [0.25, 0.3) is 0 Å². The van der Waals surface area contributed by atoms with Crippen molar-refractivity contribution in [1.29, 1.82) is 0 Å². The van der Waals surface area contributed by atoms with Crippen LogP contribution < -0.4 is 11.1 Å². The van der Waals surface area contributed by atoms with Gasteiger partial charge in [-0.25, -0.2) is 0 Å². The molecule has 21 heavy (non-hydrogen) atoms. The lowest BCUT2D eigenvalue weighted by molar-refractivity contribution is -0.130. The Kier molecular flexibility index (Phi) is 5.24. The zero-order valence-electron chi connectivity index (χ0n) is 12.0. The molecule has 1 atom stereocenters. The van der Waals surface area contributed by atoms with Gasteiger partial charge in [-0.15, -0.1) is 0 Å². The number of nitrogens with two attached hydrogens (primary N) is 1. The SMILES string of the molecule is NCC1(NCC(F)(F)F)CCCN(Cc2ccccc2)C1. The van der Waals surface area contributed by atoms with E-state index in [0.717, 1.165) is 19.5 Å². The normalized spacial score (nSPS) is 24.2. The van der Waals surface area contributed by atoms with Gasteiger partial charge in [0.2, 0.25) is 0 Å². The molecule has 1 aromatic rings. The molecule has 1 unspecified atom stereocenters. The maximum Gasteiger partial charge on any atom is 0.401 e. The van der Waals surface area contributed by atoms with Gasteiger partial charge in [0.1, 0.15) is 0 Å². The molecule has 0 radical (unpaired) electrons. The van der Waals surface area contributed by atoms with Gasteiger partial charge in [0.25, 0.3) is 0 Å². The lowest BCUT2D eigenvalue weighted by Crippen LogP contribution is -2.62. The summed E-state index contributed by atoms with van der Waals surface area (Å²) in [4.78, 5) is 2.18. The highest BCUT2D eigenvalue weighted by atomic mass is 19.4. The smallest absolute Gasteiger partial charge is 0.329 e. The maximum atomic E-state index is 12.4. The molecule has 1 aromatic carbocycles. The summed E-state index contributed by atoms with van der Waals surface area (Å²) >= 11 is 0. The van der Waals surface area contributed by atoms with Crippen LogP contribution in [0.2, 0.25) is 0 Å². The number of likely N-dealkylation sites (tertiary alicyclic amines) is 1. The average molecular weight is 301 g/mol. The Morgan fingerprint density at radius 2 is 1.95 bits per heavy atom. The Labute approximate surface area is 123 Å². The summed E-state index contributed by atoms with van der Waals surface area (Å²) in [5.74, 6) is 0. The van der Waals surface area contributed by atoms with E-state index >= 15 is 0 Å². The van der Waals surface area contributed by atoms with Crippen LogP contribution in [-0.2, 0) is 6.54 Å². The van der Waals surface area contributed by atoms with Crippen molar-refractivity contribution in [1.82, 2.24) is 10.2 Å². The van der Waals surface area contributed by atoms with Crippen LogP contribution in [0.15, 0.2) is 30.3 Å². The first-order chi connectivity index (χ1) is 9.92. The van der Waals surface area contributed by atoms with E-state index in [4.69, 9.17) is 5.73 Å². The van der Waals surface area contributed by atoms with Crippen LogP contribution in [0.5, 0.6) is 0 Å². The van der Waals surface area contributed by atoms with E-state index in [1.165, 1.54) is 5.56 Å². The molecule has 1 aliphatic heterocycles. The van der Waals surface area contributed by atoms with E-state index in [1.807, 2.05) is 30.3 Å². The van der Waals surface area contributed by atoms with E-state index in [9.17, 15) is 13.2 Å². The number of piperidine rings is 1. The van der Waals surface area contributed by atoms with Crippen molar-refractivity contribution in [3.05, 3.63) is 35.9 Å². The average Bonchev–Trinajstić information content (AvgIpc) is 2.46. The second-order valence-electron chi connectivity index (χ2n) is 5.75. The molecule has 2 rings (SSSR count). The van der Waals surface area contributed by atoms with Crippen LogP contribution in [0.3, 0.4) is 0 Å². The standard InChI is InChI=1S/C15H22F3N3/c16-15(17,18)11-20-14(10-19)7-4-8-21(12-14)9-13-5-2-1-3-6-13/h1-3,5-6,20H,4,7-12,19H2. The number of nitrogens with one attached hydrogen (secondary N) is 1. The summed E-state index contributed by atoms with van der Waals surface area (Å²) in [6.45, 7) is 1.42. The van der Waals surface area contributed by atoms with Gasteiger partial charge < -0.3 is 11.1 Å². The first-order valence-electron chi connectivity index (χ1n) is 7.21. The van der Waals surface area contributed by atoms with Crippen molar-refractivity contribution < 1.29 is 13.2 Å². The highest BCUT2D eigenvalue weighted by Gasteiger charge is 2.37. The Bertz CT molecular complexity index is 436. The van der Waals surface area contributed by atoms with E-state index < -0.39 is 18.3 Å². The first kappa shape index (κ1) is 16.3. The molecule has 0 amide bonds. The fraction of sp³-hybridized carbons (Fsp3) is 0.600. The van der Waals surface area contributed by atoms with E-state index in [1.54, 1.807) is 0 Å². The number of alkyl halides is 3. The third-order valence-corrected chi connectivity index (χ3v) is 3.96. The molecule has 3 nitrogen and oxygen atoms in total. The minimum Gasteiger partial charge on any atom is -0.329 e. The van der Waals surface area contributed by atoms with Gasteiger partial charge in [-0.1, -0.05) is 30.3 Å². The predicted octanol–water partition coefficient (Wildman–Crippen LogP) is 2.13. The first-order valence-corrected chi connectivity index (χ1v) is 7.21. The van der Waals surface area contributed by atoms with Gasteiger partial charge in [0.05, 0.1) is 6.54 Å². The predicted molar refractivity (Wildman–Crippen MR) is 76.8 cm³/mol. The van der Waals surface area contributed by atoms with Gasteiger partial charge in [-0.2, -0.15) is 13.2 Å². The van der Waals surface area contributed by atoms with Crippen molar-refractivity contribution >= 4 is 0 Å². The van der Waals surface area contributed by atoms with Crippen LogP contribution in [0, 0.1) is 0 Å². The van der Waals surface area contributed by atoms with E-state index in [2.05, 4.69) is 10.2 Å². The molecule has 0 aliphatic carbocycles. The van der Waals surface area contributed by atoms with Gasteiger partial charge >= 0.3 is 6.18 Å². The molecule has 1 aliphatic rings. The van der Waals surface area contributed by atoms with Crippen molar-refractivity contribution in [3.63, 3.8) is 0 Å². The maximum absolute atomic E-state index is 12.4. The lowest BCUT2D eigenvalue weighted by atomic mass is 9.88. The number of nitrogens with zero attached hydrogens (tertiary/aromatic N) is 1. The third kappa shape index (κ3) is 4.98. The Balaban J connectivity index is 1.97. The fourth-order valence-corrected chi connectivity index (χ4v) is 2.87. The van der Waals surface area contributed by atoms with Crippen LogP contribution in [0.1, 0.15) is 18.4 Å². The Morgan fingerprint density at radius 3 is 2.57 bits per heavy atom. The zero-order valence-corrected chi connectivity index (χ0v) is 12.0. The molecule has 0 bridgehead atoms. The van der Waals surface area contributed by atoms with Gasteiger partial charge in [0.15, 0.2) is 0 Å². The number of hydrogen-bond acceptors (Lipinski definition) is 3. The molecule has 3 N–H and O–H groups in total. The number of hydrogen-bond donors (Lipinski definition) is 2. The number of benzene rings is 1. The van der Waals surface area contributed by atoms with Crippen LogP contribution in [-0.4, -0.2) is 42.8 Å². The molecule has 1 heterocycles. The van der Waals surface area contributed by atoms with Gasteiger partial charge in [-0.3, -0.25) is 4.90 Å². The molecular weight excluding hydrogens is 279 g/mol. The largest absolute Gasteiger partial charge is 0.401 e. The molecule has 0 spiro atoms. The summed E-state index contributed by atoms with van der Waals surface area (Å²) in [6, 6.07) is 9.95. The minimum atomic E-state index is -4.20. The van der Waals surface area contributed by atoms with Crippen LogP contribution >= 0.6 is 0 Å². The van der Waals surface area contributed by atoms with Crippen molar-refractivity contribution in [2.24, 2.45) is 5.73 Å². The van der Waals surface area contributed by atoms with Crippen molar-refractivity contribution in [2.45, 2.75) is 31.1 Å². The second kappa shape index (κ2) is 6.77. The summed E-state index contributed by atoms with van der Waals surface area (Å²) in [7, 11) is 0. The molecule has 0 aromatic heterocycles. The third-order valence-electron chi connectivity index (χ3n) is 3.96. The molecular formula is C15H22F3N3. The van der Waals surface area contributed by atoms with Gasteiger partial charge in [-0.05, 0) is 24.9 Å². The molecule has 0 saturated carbocycles. The Hall–Kier alpha value is -1.11. The lowest BCUT2D eigenvalue weighted by Gasteiger charge is -2.43. The zero-order chi connectivity index (χ0) is 15.3.